The van der Waals surface area contributed by atoms with Gasteiger partial charge >= 0.3 is 0 Å². The van der Waals surface area contributed by atoms with Gasteiger partial charge in [-0.05, 0) is 37.1 Å². The summed E-state index contributed by atoms with van der Waals surface area (Å²) in [5.74, 6) is -0.504. The van der Waals surface area contributed by atoms with E-state index in [1.54, 1.807) is 0 Å². The van der Waals surface area contributed by atoms with Crippen molar-refractivity contribution < 1.29 is 14.6 Å². The molecular weight excluding hydrogens is 209 g/mol. The van der Waals surface area contributed by atoms with Crippen LogP contribution in [0.2, 0.25) is 0 Å². The van der Waals surface area contributed by atoms with Crippen LogP contribution in [0.3, 0.4) is 0 Å². The second kappa shape index (κ2) is 6.45. The molecule has 1 aromatic rings. The van der Waals surface area contributed by atoms with Crippen molar-refractivity contribution >= 4 is 0 Å². The summed E-state index contributed by atoms with van der Waals surface area (Å²) in [5, 5.41) is 21.6. The first-order chi connectivity index (χ1) is 7.61. The number of phenolic OH excluding ortho intramolecular Hbond substituents is 1. The molecule has 0 aliphatic rings. The van der Waals surface area contributed by atoms with Gasteiger partial charge in [-0.15, -0.1) is 0 Å². The number of aliphatic hydroxyl groups excluding tert-OH is 1. The lowest BCUT2D eigenvalue weighted by molar-refractivity contribution is 0.159. The highest BCUT2D eigenvalue weighted by molar-refractivity contribution is 5.28. The van der Waals surface area contributed by atoms with Gasteiger partial charge < -0.3 is 15.5 Å². The number of aliphatic hydroxyl groups is 1. The van der Waals surface area contributed by atoms with E-state index in [-0.39, 0.29) is 11.9 Å². The van der Waals surface area contributed by atoms with Crippen molar-refractivity contribution in [1.29, 1.82) is 0 Å². The third-order valence-corrected chi connectivity index (χ3v) is 2.40. The first-order valence-electron chi connectivity index (χ1n) is 5.49. The third kappa shape index (κ3) is 4.59. The van der Waals surface area contributed by atoms with E-state index in [1.807, 2.05) is 6.92 Å². The van der Waals surface area contributed by atoms with E-state index >= 15 is 0 Å². The third-order valence-electron chi connectivity index (χ3n) is 2.40. The second-order valence-corrected chi connectivity index (χ2v) is 3.85. The highest BCUT2D eigenvalue weighted by Crippen LogP contribution is 2.14. The minimum absolute atomic E-state index is 0.0645. The van der Waals surface area contributed by atoms with E-state index in [0.717, 1.165) is 12.5 Å². The highest BCUT2D eigenvalue weighted by atomic mass is 19.1. The Labute approximate surface area is 94.9 Å². The van der Waals surface area contributed by atoms with Gasteiger partial charge in [0.15, 0.2) is 0 Å². The lowest BCUT2D eigenvalue weighted by Gasteiger charge is -2.09. The Balaban J connectivity index is 2.32. The van der Waals surface area contributed by atoms with Gasteiger partial charge in [-0.3, -0.25) is 0 Å². The minimum atomic E-state index is -0.439. The van der Waals surface area contributed by atoms with Crippen LogP contribution in [-0.4, -0.2) is 22.9 Å². The lowest BCUT2D eigenvalue weighted by atomic mass is 10.2. The molecule has 1 aromatic carbocycles. The number of hydrogen-bond acceptors (Lipinski definition) is 3. The number of rotatable bonds is 6. The minimum Gasteiger partial charge on any atom is -0.508 e. The van der Waals surface area contributed by atoms with E-state index in [4.69, 9.17) is 5.11 Å². The quantitative estimate of drug-likeness (QED) is 0.649. The van der Waals surface area contributed by atoms with Crippen LogP contribution in [0.5, 0.6) is 5.75 Å². The average molecular weight is 227 g/mol. The number of benzene rings is 1. The Morgan fingerprint density at radius 1 is 1.38 bits per heavy atom. The summed E-state index contributed by atoms with van der Waals surface area (Å²) in [6, 6.07) is 3.97. The summed E-state index contributed by atoms with van der Waals surface area (Å²) < 4.78 is 12.9. The van der Waals surface area contributed by atoms with Gasteiger partial charge in [0.2, 0.25) is 0 Å². The molecule has 0 fully saturated rings. The molecule has 0 saturated carbocycles. The number of aromatic hydroxyl groups is 1. The van der Waals surface area contributed by atoms with Gasteiger partial charge in [0.05, 0.1) is 6.10 Å². The molecule has 0 aliphatic heterocycles. The number of hydrogen-bond donors (Lipinski definition) is 3. The molecule has 0 aliphatic carbocycles. The fourth-order valence-electron chi connectivity index (χ4n) is 1.44. The normalized spacial score (nSPS) is 12.7. The van der Waals surface area contributed by atoms with Gasteiger partial charge in [0.1, 0.15) is 11.6 Å². The zero-order valence-electron chi connectivity index (χ0n) is 9.41. The molecule has 1 rings (SSSR count). The highest BCUT2D eigenvalue weighted by Gasteiger charge is 2.01. The summed E-state index contributed by atoms with van der Waals surface area (Å²) >= 11 is 0. The molecule has 0 radical (unpaired) electrons. The van der Waals surface area contributed by atoms with E-state index in [1.165, 1.54) is 12.1 Å². The standard InChI is InChI=1S/C12H18FNO2/c1-2-11(15)3-4-14-8-9-5-10(13)7-12(16)6-9/h5-7,11,14-16H,2-4,8H2,1H3. The molecule has 1 unspecified atom stereocenters. The molecule has 0 saturated heterocycles. The van der Waals surface area contributed by atoms with Crippen LogP contribution in [-0.2, 0) is 6.54 Å². The Morgan fingerprint density at radius 3 is 2.75 bits per heavy atom. The fraction of sp³-hybridized carbons (Fsp3) is 0.500. The molecule has 3 nitrogen and oxygen atoms in total. The Morgan fingerprint density at radius 2 is 2.12 bits per heavy atom. The maximum Gasteiger partial charge on any atom is 0.127 e. The Hall–Kier alpha value is -1.13. The van der Waals surface area contributed by atoms with Gasteiger partial charge in [-0.1, -0.05) is 6.92 Å². The molecule has 4 heteroatoms. The molecule has 0 bridgehead atoms. The molecule has 0 aromatic heterocycles. The number of phenols is 1. The van der Waals surface area contributed by atoms with E-state index in [9.17, 15) is 9.50 Å². The first kappa shape index (κ1) is 12.9. The van der Waals surface area contributed by atoms with Gasteiger partial charge in [0.25, 0.3) is 0 Å². The van der Waals surface area contributed by atoms with E-state index in [2.05, 4.69) is 5.32 Å². The predicted octanol–water partition coefficient (Wildman–Crippen LogP) is 1.78. The molecular formula is C12H18FNO2. The Kier molecular flexibility index (Phi) is 5.22. The van der Waals surface area contributed by atoms with Crippen molar-refractivity contribution in [3.63, 3.8) is 0 Å². The SMILES string of the molecule is CCC(O)CCNCc1cc(O)cc(F)c1. The number of nitrogens with one attached hydrogen (secondary N) is 1. The van der Waals surface area contributed by atoms with Crippen LogP contribution >= 0.6 is 0 Å². The van der Waals surface area contributed by atoms with Crippen LogP contribution in [0.4, 0.5) is 4.39 Å². The average Bonchev–Trinajstić information content (AvgIpc) is 2.22. The lowest BCUT2D eigenvalue weighted by Crippen LogP contribution is -2.19. The zero-order chi connectivity index (χ0) is 12.0. The molecule has 1 atom stereocenters. The largest absolute Gasteiger partial charge is 0.508 e. The summed E-state index contributed by atoms with van der Waals surface area (Å²) in [5.41, 5.74) is 0.698. The molecule has 0 amide bonds. The Bertz CT molecular complexity index is 311. The fourth-order valence-corrected chi connectivity index (χ4v) is 1.44. The van der Waals surface area contributed by atoms with Crippen LogP contribution in [0.25, 0.3) is 0 Å². The zero-order valence-corrected chi connectivity index (χ0v) is 9.41. The van der Waals surface area contributed by atoms with Crippen LogP contribution in [0, 0.1) is 5.82 Å². The van der Waals surface area contributed by atoms with Crippen molar-refractivity contribution in [1.82, 2.24) is 5.32 Å². The monoisotopic (exact) mass is 227 g/mol. The van der Waals surface area contributed by atoms with Crippen LogP contribution in [0.15, 0.2) is 18.2 Å². The molecule has 16 heavy (non-hydrogen) atoms. The second-order valence-electron chi connectivity index (χ2n) is 3.85. The molecule has 0 heterocycles. The molecule has 0 spiro atoms. The van der Waals surface area contributed by atoms with Crippen LogP contribution < -0.4 is 5.32 Å². The molecule has 3 N–H and O–H groups in total. The summed E-state index contributed by atoms with van der Waals surface area (Å²) in [7, 11) is 0. The summed E-state index contributed by atoms with van der Waals surface area (Å²) in [6.07, 6.45) is 1.13. The first-order valence-corrected chi connectivity index (χ1v) is 5.49. The summed E-state index contributed by atoms with van der Waals surface area (Å²) in [4.78, 5) is 0. The van der Waals surface area contributed by atoms with Gasteiger partial charge in [-0.2, -0.15) is 0 Å². The van der Waals surface area contributed by atoms with E-state index in [0.29, 0.717) is 25.1 Å². The van der Waals surface area contributed by atoms with Crippen LogP contribution in [0.1, 0.15) is 25.3 Å². The van der Waals surface area contributed by atoms with Crippen molar-refractivity contribution in [3.05, 3.63) is 29.6 Å². The van der Waals surface area contributed by atoms with Crippen molar-refractivity contribution in [2.75, 3.05) is 6.54 Å². The topological polar surface area (TPSA) is 52.5 Å². The van der Waals surface area contributed by atoms with E-state index < -0.39 is 5.82 Å². The smallest absolute Gasteiger partial charge is 0.127 e. The van der Waals surface area contributed by atoms with Crippen molar-refractivity contribution in [3.8, 4) is 5.75 Å². The number of halogens is 1. The van der Waals surface area contributed by atoms with Crippen molar-refractivity contribution in [2.45, 2.75) is 32.4 Å². The van der Waals surface area contributed by atoms with Gasteiger partial charge in [0, 0.05) is 12.6 Å². The van der Waals surface area contributed by atoms with Gasteiger partial charge in [-0.25, -0.2) is 4.39 Å². The predicted molar refractivity (Wildman–Crippen MR) is 60.7 cm³/mol. The summed E-state index contributed by atoms with van der Waals surface area (Å²) in [6.45, 7) is 3.09. The maximum atomic E-state index is 12.9. The molecule has 90 valence electrons. The van der Waals surface area contributed by atoms with Crippen molar-refractivity contribution in [2.24, 2.45) is 0 Å². The maximum absolute atomic E-state index is 12.9.